The quantitative estimate of drug-likeness (QED) is 0.0448. The van der Waals surface area contributed by atoms with Crippen LogP contribution in [0.3, 0.4) is 0 Å². The van der Waals surface area contributed by atoms with Crippen LogP contribution in [0.5, 0.6) is 0 Å². The van der Waals surface area contributed by atoms with E-state index in [0.717, 1.165) is 5.57 Å². The van der Waals surface area contributed by atoms with E-state index in [9.17, 15) is 50.8 Å². The molecule has 6 heterocycles. The number of carbonyl (C=O) groups is 1. The number of hydrogen-bond acceptors (Lipinski definition) is 28. The van der Waals surface area contributed by atoms with Crippen molar-refractivity contribution >= 4 is 5.97 Å². The topological polar surface area (TPSA) is 365 Å². The van der Waals surface area contributed by atoms with E-state index in [1.165, 1.54) is 21.1 Å². The maximum Gasteiger partial charge on any atom is 0.334 e. The lowest BCUT2D eigenvalue weighted by molar-refractivity contribution is -0.372. The first-order valence-electron chi connectivity index (χ1n) is 34.1. The SMILES string of the molecule is C/C=C(\C)C(=O)O[C@@]1([C@H](C)O)CC[C@]2(O)[C@]1(C)[C@H](O)C[C@@H]1[C@@]3(C)CC[C@H](O[C@H]4C[C@H](OC)[C@H](O[C@H]5C[C@H](OC)[C@H](O[C@H]6C[C@@H](OC)[C@H](O[C@@H]7O[C@H](C)[C@@H](O[C@H]8C[C@H](OC)[C@H](O[C@@H]9O[C@H](CO)[C@@H](O)[C@H](O)[C@H]9O)[C@@H](C)O8)[C@@H](OC)[C@H]7O)[C@@H](C)O6)[C@@H](C)O5)[C@@H](C)O4)CC3=CC[C@]12O. The zero-order valence-corrected chi connectivity index (χ0v) is 57.7. The zero-order chi connectivity index (χ0) is 69.2. The predicted octanol–water partition coefficient (Wildman–Crippen LogP) is 1.61. The number of ether oxygens (including phenoxy) is 18. The molecule has 0 aromatic rings. The molecule has 0 bridgehead atoms. The van der Waals surface area contributed by atoms with Gasteiger partial charge in [-0.1, -0.05) is 31.6 Å². The van der Waals surface area contributed by atoms with Crippen LogP contribution in [0.2, 0.25) is 0 Å². The highest BCUT2D eigenvalue weighted by atomic mass is 16.8. The molecular formula is C67H110O28. The van der Waals surface area contributed by atoms with Crippen LogP contribution in [0.15, 0.2) is 23.3 Å². The third-order valence-corrected chi connectivity index (χ3v) is 23.7. The highest BCUT2D eigenvalue weighted by Crippen LogP contribution is 2.71. The van der Waals surface area contributed by atoms with Gasteiger partial charge in [0.2, 0.25) is 0 Å². The van der Waals surface area contributed by atoms with Crippen molar-refractivity contribution in [1.29, 1.82) is 0 Å². The molecule has 10 aliphatic rings. The van der Waals surface area contributed by atoms with Crippen molar-refractivity contribution in [2.75, 3.05) is 42.2 Å². The zero-order valence-electron chi connectivity index (χ0n) is 57.7. The van der Waals surface area contributed by atoms with Gasteiger partial charge in [0.25, 0.3) is 0 Å². The summed E-state index contributed by atoms with van der Waals surface area (Å²) in [5.74, 6) is -1.20. The van der Waals surface area contributed by atoms with E-state index in [2.05, 4.69) is 6.92 Å². The first-order valence-corrected chi connectivity index (χ1v) is 34.1. The van der Waals surface area contributed by atoms with Crippen molar-refractivity contribution in [2.24, 2.45) is 16.7 Å². The lowest BCUT2D eigenvalue weighted by atomic mass is 9.42. The van der Waals surface area contributed by atoms with Crippen molar-refractivity contribution < 1.29 is 136 Å². The molecule has 6 saturated heterocycles. The number of methoxy groups -OCH3 is 5. The normalized spacial score (nSPS) is 51.6. The fourth-order valence-electron chi connectivity index (χ4n) is 17.9. The molecular weight excluding hydrogens is 1250 g/mol. The standard InChI is InChI=1S/C67H110O28/c1-16-30(2)60(75)95-66(36(8)69)21-22-67(77)64(66,10)45(70)28-44-63(9)19-18-38(23-37(63)17-20-65(44,67)76)88-46-24-39(78-11)54(31(3)83-46)90-47-25-40(79-12)55(32(4)84-47)91-48-26-41(80-13)57(34(6)85-48)94-62-53(74)59(82-15)58(35(7)87-62)92-49-27-42(81-14)56(33(5)86-49)93-61-52(73)51(72)50(71)43(29-68)89-61/h16-17,31-36,38-59,61-62,68-74,76-77H,18-29H2,1-15H3/b30-16+/t31-,32-,33-,34-,35-,36+,38+,39+,40+,41-,42+,43-,44-,45-,46+,47+,48+,49+,50-,51+,52-,53-,54-,55-,56-,57-,58-,59+,61+,62+,63+,64-,65+,66-,67+/m1/s1. The Balaban J connectivity index is 0.700. The van der Waals surface area contributed by atoms with Gasteiger partial charge in [0.05, 0.1) is 85.3 Å². The van der Waals surface area contributed by atoms with Gasteiger partial charge in [-0.15, -0.1) is 0 Å². The van der Waals surface area contributed by atoms with Gasteiger partial charge in [-0.25, -0.2) is 4.79 Å². The first kappa shape index (κ1) is 75.6. The number of aliphatic hydroxyl groups excluding tert-OH is 7. The molecule has 0 spiro atoms. The maximum atomic E-state index is 13.3. The maximum absolute atomic E-state index is 13.3. The molecule has 6 aliphatic heterocycles. The van der Waals surface area contributed by atoms with Crippen LogP contribution in [0.1, 0.15) is 140 Å². The summed E-state index contributed by atoms with van der Waals surface area (Å²) in [4.78, 5) is 13.3. The Morgan fingerprint density at radius 3 is 1.52 bits per heavy atom. The molecule has 3 saturated carbocycles. The molecule has 0 aromatic heterocycles. The summed E-state index contributed by atoms with van der Waals surface area (Å²) in [7, 11) is 7.71. The minimum Gasteiger partial charge on any atom is -0.452 e. The Morgan fingerprint density at radius 2 is 1.05 bits per heavy atom. The Hall–Kier alpha value is -2.09. The molecule has 4 aliphatic carbocycles. The van der Waals surface area contributed by atoms with Crippen LogP contribution < -0.4 is 0 Å². The minimum absolute atomic E-state index is 0.0121. The van der Waals surface area contributed by atoms with Gasteiger partial charge in [-0.2, -0.15) is 0 Å². The fraction of sp³-hybridized carbons (Fsp3) is 0.925. The van der Waals surface area contributed by atoms with Gasteiger partial charge in [0, 0.05) is 72.7 Å². The second kappa shape index (κ2) is 30.1. The van der Waals surface area contributed by atoms with Crippen molar-refractivity contribution in [3.63, 3.8) is 0 Å². The van der Waals surface area contributed by atoms with E-state index in [4.69, 9.17) is 85.3 Å². The summed E-state index contributed by atoms with van der Waals surface area (Å²) >= 11 is 0. The molecule has 0 aromatic carbocycles. The number of esters is 1. The van der Waals surface area contributed by atoms with Gasteiger partial charge in [-0.3, -0.25) is 0 Å². The number of rotatable bonds is 21. The lowest BCUT2D eigenvalue weighted by Crippen LogP contribution is -2.78. The average Bonchev–Trinajstić information content (AvgIpc) is 1.58. The summed E-state index contributed by atoms with van der Waals surface area (Å²) in [6, 6.07) is 0. The Bertz CT molecular complexity index is 2620. The van der Waals surface area contributed by atoms with Crippen molar-refractivity contribution in [3.8, 4) is 0 Å². The van der Waals surface area contributed by atoms with Crippen molar-refractivity contribution in [1.82, 2.24) is 0 Å². The van der Waals surface area contributed by atoms with Crippen LogP contribution in [0.4, 0.5) is 0 Å². The molecule has 0 unspecified atom stereocenters. The molecule has 546 valence electrons. The van der Waals surface area contributed by atoms with Gasteiger partial charge in [0.15, 0.2) is 37.7 Å². The third kappa shape index (κ3) is 13.7. The highest BCUT2D eigenvalue weighted by Gasteiger charge is 2.82. The summed E-state index contributed by atoms with van der Waals surface area (Å²) < 4.78 is 113. The number of aliphatic hydroxyl groups is 9. The molecule has 9 N–H and O–H groups in total. The van der Waals surface area contributed by atoms with Crippen molar-refractivity contribution in [2.45, 2.75) is 335 Å². The van der Waals surface area contributed by atoms with Crippen LogP contribution in [-0.2, 0) is 90.1 Å². The van der Waals surface area contributed by atoms with Crippen LogP contribution in [-0.4, -0.2) is 289 Å². The minimum atomic E-state index is -1.91. The Kier molecular flexibility index (Phi) is 23.9. The highest BCUT2D eigenvalue weighted by molar-refractivity contribution is 5.88. The summed E-state index contributed by atoms with van der Waals surface area (Å²) in [5.41, 5.74) is -6.08. The van der Waals surface area contributed by atoms with Gasteiger partial charge < -0.3 is 131 Å². The molecule has 35 atom stereocenters. The van der Waals surface area contributed by atoms with Crippen LogP contribution in [0.25, 0.3) is 0 Å². The van der Waals surface area contributed by atoms with E-state index in [0.29, 0.717) is 37.7 Å². The lowest BCUT2D eigenvalue weighted by Gasteiger charge is -2.67. The second-order valence-corrected chi connectivity index (χ2v) is 28.8. The molecule has 0 amide bonds. The van der Waals surface area contributed by atoms with Crippen LogP contribution in [0, 0.1) is 16.7 Å². The van der Waals surface area contributed by atoms with Gasteiger partial charge in [0.1, 0.15) is 83.9 Å². The number of fused-ring (bicyclic) bond motifs is 5. The monoisotopic (exact) mass is 1360 g/mol. The van der Waals surface area contributed by atoms with E-state index < -0.39 is 218 Å². The molecule has 95 heavy (non-hydrogen) atoms. The summed E-state index contributed by atoms with van der Waals surface area (Å²) in [5, 5.41) is 102. The Morgan fingerprint density at radius 1 is 0.589 bits per heavy atom. The molecule has 28 nitrogen and oxygen atoms in total. The van der Waals surface area contributed by atoms with E-state index in [-0.39, 0.29) is 44.6 Å². The molecule has 10 rings (SSSR count). The van der Waals surface area contributed by atoms with Gasteiger partial charge in [-0.05, 0) is 106 Å². The van der Waals surface area contributed by atoms with Crippen LogP contribution >= 0.6 is 0 Å². The molecule has 9 fully saturated rings. The van der Waals surface area contributed by atoms with Gasteiger partial charge >= 0.3 is 5.97 Å². The Labute approximate surface area is 557 Å². The third-order valence-electron chi connectivity index (χ3n) is 23.7. The van der Waals surface area contributed by atoms with Crippen molar-refractivity contribution in [3.05, 3.63) is 23.3 Å². The van der Waals surface area contributed by atoms with E-state index in [1.54, 1.807) is 62.0 Å². The number of hydrogen-bond donors (Lipinski definition) is 9. The second-order valence-electron chi connectivity index (χ2n) is 28.8. The van der Waals surface area contributed by atoms with E-state index >= 15 is 0 Å². The number of carbonyl (C=O) groups excluding carboxylic acids is 1. The largest absolute Gasteiger partial charge is 0.452 e. The summed E-state index contributed by atoms with van der Waals surface area (Å²) in [6.45, 7) is 17.0. The predicted molar refractivity (Wildman–Crippen MR) is 329 cm³/mol. The number of allylic oxidation sites excluding steroid dienone is 1. The van der Waals surface area contributed by atoms with E-state index in [1.807, 2.05) is 26.8 Å². The summed E-state index contributed by atoms with van der Waals surface area (Å²) in [6.07, 6.45) is -18.8. The molecule has 0 radical (unpaired) electrons. The fourth-order valence-corrected chi connectivity index (χ4v) is 17.9. The smallest absolute Gasteiger partial charge is 0.334 e. The molecule has 28 heteroatoms. The first-order chi connectivity index (χ1) is 44.9. The average molecular weight is 1360 g/mol.